The van der Waals surface area contributed by atoms with Crippen molar-refractivity contribution in [3.8, 4) is 0 Å². The number of alkyl carbamates (subject to hydrolysis) is 1. The number of nitrogens with one attached hydrogen (secondary N) is 1. The Bertz CT molecular complexity index is 608. The van der Waals surface area contributed by atoms with Gasteiger partial charge in [0, 0.05) is 22.5 Å². The Labute approximate surface area is 171 Å². The number of rotatable bonds is 8. The van der Waals surface area contributed by atoms with E-state index < -0.39 is 11.6 Å². The van der Waals surface area contributed by atoms with Crippen LogP contribution < -0.4 is 5.32 Å². The van der Waals surface area contributed by atoms with Crippen molar-refractivity contribution in [2.45, 2.75) is 77.2 Å². The molecule has 0 aromatic heterocycles. The van der Waals surface area contributed by atoms with E-state index in [1.54, 1.807) is 7.11 Å². The number of carbonyl (C=O) groups excluding carboxylic acids is 1. The first-order valence-corrected chi connectivity index (χ1v) is 10.4. The van der Waals surface area contributed by atoms with Gasteiger partial charge in [-0.1, -0.05) is 23.3 Å². The van der Waals surface area contributed by atoms with Gasteiger partial charge in [0.1, 0.15) is 17.8 Å². The van der Waals surface area contributed by atoms with Crippen LogP contribution in [0.2, 0.25) is 0 Å². The molecule has 0 bridgehead atoms. The Balaban J connectivity index is 2.11. The van der Waals surface area contributed by atoms with E-state index >= 15 is 0 Å². The van der Waals surface area contributed by atoms with Crippen molar-refractivity contribution in [3.63, 3.8) is 0 Å². The van der Waals surface area contributed by atoms with Crippen molar-refractivity contribution >= 4 is 15.6 Å². The Kier molecular flexibility index (Phi) is 8.09. The zero-order valence-electron chi connectivity index (χ0n) is 18.0. The molecule has 1 spiro atoms. The molecule has 6 nitrogen and oxygen atoms in total. The van der Waals surface area contributed by atoms with Crippen LogP contribution in [-0.4, -0.2) is 49.8 Å². The van der Waals surface area contributed by atoms with Crippen molar-refractivity contribution in [1.82, 2.24) is 5.32 Å². The van der Waals surface area contributed by atoms with Gasteiger partial charge in [0.25, 0.3) is 0 Å². The van der Waals surface area contributed by atoms with Crippen LogP contribution in [-0.2, 0) is 18.7 Å². The highest BCUT2D eigenvalue weighted by atomic mass is 31.0. The second kappa shape index (κ2) is 9.71. The minimum atomic E-state index is -0.517. The summed E-state index contributed by atoms with van der Waals surface area (Å²) in [6.45, 7) is 11.2. The molecule has 7 heteroatoms. The summed E-state index contributed by atoms with van der Waals surface area (Å²) < 4.78 is 22.6. The van der Waals surface area contributed by atoms with Crippen molar-refractivity contribution < 1.29 is 23.5 Å². The highest BCUT2D eigenvalue weighted by molar-refractivity contribution is 7.09. The molecule has 1 amide bonds. The van der Waals surface area contributed by atoms with E-state index in [9.17, 15) is 4.79 Å². The molecule has 1 saturated heterocycles. The van der Waals surface area contributed by atoms with Gasteiger partial charge in [0.15, 0.2) is 0 Å². The molecule has 4 unspecified atom stereocenters. The maximum Gasteiger partial charge on any atom is 0.407 e. The monoisotopic (exact) mass is 413 g/mol. The van der Waals surface area contributed by atoms with Crippen molar-refractivity contribution in [1.29, 1.82) is 0 Å². The maximum absolute atomic E-state index is 12.5. The lowest BCUT2D eigenvalue weighted by Gasteiger charge is -2.41. The predicted molar refractivity (Wildman–Crippen MR) is 113 cm³/mol. The molecule has 1 aliphatic heterocycles. The zero-order chi connectivity index (χ0) is 20.9. The molecule has 1 N–H and O–H groups in total. The topological polar surface area (TPSA) is 69.3 Å². The Hall–Kier alpha value is -0.940. The lowest BCUT2D eigenvalue weighted by molar-refractivity contribution is -0.0898. The molecule has 1 aliphatic carbocycles. The second-order valence-electron chi connectivity index (χ2n) is 8.80. The molecule has 0 aromatic rings. The van der Waals surface area contributed by atoms with Gasteiger partial charge in [-0.05, 0) is 53.9 Å². The summed E-state index contributed by atoms with van der Waals surface area (Å²) in [7, 11) is 3.88. The third kappa shape index (κ3) is 6.03. The average molecular weight is 413 g/mol. The standard InChI is InChI=1S/C21H36NO5P/c1-14(2)8-7-9-15(3)17-18(24-6)16(10-11-21(17)13-25-21)27-19(23)22-20(4,5)12-26-28/h8-9,16-18H,7,10-13,28H2,1-6H3,(H,22,23)/b15-9+/t16?,17?,18?,21-/m0/s1. The normalized spacial score (nSPS) is 30.1. The number of methoxy groups -OCH3 is 1. The van der Waals surface area contributed by atoms with E-state index in [1.165, 1.54) is 11.1 Å². The lowest BCUT2D eigenvalue weighted by atomic mass is 9.72. The van der Waals surface area contributed by atoms with Crippen LogP contribution >= 0.6 is 9.47 Å². The first kappa shape index (κ1) is 23.3. The first-order chi connectivity index (χ1) is 13.1. The molecule has 5 atom stereocenters. The van der Waals surface area contributed by atoms with Crippen LogP contribution in [0.3, 0.4) is 0 Å². The van der Waals surface area contributed by atoms with E-state index in [4.69, 9.17) is 18.7 Å². The minimum absolute atomic E-state index is 0.0815. The third-order valence-corrected chi connectivity index (χ3v) is 5.67. The van der Waals surface area contributed by atoms with Gasteiger partial charge in [0.2, 0.25) is 0 Å². The fraction of sp³-hybridized carbons (Fsp3) is 0.762. The zero-order valence-corrected chi connectivity index (χ0v) is 19.2. The summed E-state index contributed by atoms with van der Waals surface area (Å²) in [5.41, 5.74) is 1.83. The number of epoxide rings is 1. The predicted octanol–water partition coefficient (Wildman–Crippen LogP) is 4.16. The average Bonchev–Trinajstić information content (AvgIpc) is 3.35. The van der Waals surface area contributed by atoms with Gasteiger partial charge in [-0.2, -0.15) is 0 Å². The van der Waals surface area contributed by atoms with Crippen LogP contribution in [0.4, 0.5) is 4.79 Å². The molecular weight excluding hydrogens is 377 g/mol. The molecule has 1 saturated carbocycles. The number of hydrogen-bond donors (Lipinski definition) is 1. The van der Waals surface area contributed by atoms with Gasteiger partial charge in [-0.25, -0.2) is 4.79 Å². The van der Waals surface area contributed by atoms with E-state index in [0.29, 0.717) is 6.61 Å². The highest BCUT2D eigenvalue weighted by Crippen LogP contribution is 2.50. The Morgan fingerprint density at radius 2 is 2.00 bits per heavy atom. The molecule has 160 valence electrons. The van der Waals surface area contributed by atoms with Crippen LogP contribution in [0.25, 0.3) is 0 Å². The third-order valence-electron chi connectivity index (χ3n) is 5.50. The van der Waals surface area contributed by atoms with E-state index in [1.807, 2.05) is 13.8 Å². The first-order valence-electron chi connectivity index (χ1n) is 9.91. The van der Waals surface area contributed by atoms with Crippen LogP contribution in [0.5, 0.6) is 0 Å². The SMILES string of the molecule is COC1C(OC(=O)NC(C)(C)COP)CC[C@]2(CO2)C1/C(C)=C/CC=C(C)C. The Morgan fingerprint density at radius 1 is 1.32 bits per heavy atom. The van der Waals surface area contributed by atoms with Gasteiger partial charge >= 0.3 is 6.09 Å². The summed E-state index contributed by atoms with van der Waals surface area (Å²) in [6.07, 6.45) is 5.91. The van der Waals surface area contributed by atoms with E-state index in [-0.39, 0.29) is 23.7 Å². The Morgan fingerprint density at radius 3 is 2.54 bits per heavy atom. The second-order valence-corrected chi connectivity index (χ2v) is 9.13. The fourth-order valence-electron chi connectivity index (χ4n) is 4.02. The minimum Gasteiger partial charge on any atom is -0.443 e. The smallest absolute Gasteiger partial charge is 0.407 e. The molecule has 2 rings (SSSR count). The number of ether oxygens (including phenoxy) is 3. The molecule has 0 aromatic carbocycles. The van der Waals surface area contributed by atoms with Crippen molar-refractivity contribution in [2.75, 3.05) is 20.3 Å². The quantitative estimate of drug-likeness (QED) is 0.368. The van der Waals surface area contributed by atoms with Gasteiger partial charge in [-0.15, -0.1) is 0 Å². The summed E-state index contributed by atoms with van der Waals surface area (Å²) in [4.78, 5) is 12.5. The molecule has 1 heterocycles. The van der Waals surface area contributed by atoms with Crippen LogP contribution in [0, 0.1) is 5.92 Å². The molecule has 2 aliphatic rings. The summed E-state index contributed by atoms with van der Waals surface area (Å²) in [5, 5.41) is 2.87. The van der Waals surface area contributed by atoms with Gasteiger partial charge in [-0.3, -0.25) is 0 Å². The molecule has 28 heavy (non-hydrogen) atoms. The van der Waals surface area contributed by atoms with Crippen molar-refractivity contribution in [3.05, 3.63) is 23.3 Å². The highest BCUT2D eigenvalue weighted by Gasteiger charge is 2.59. The number of allylic oxidation sites excluding steroid dienone is 3. The van der Waals surface area contributed by atoms with Crippen molar-refractivity contribution in [2.24, 2.45) is 5.92 Å². The largest absolute Gasteiger partial charge is 0.443 e. The van der Waals surface area contributed by atoms with E-state index in [2.05, 4.69) is 47.7 Å². The maximum atomic E-state index is 12.5. The number of amides is 1. The van der Waals surface area contributed by atoms with Gasteiger partial charge in [0.05, 0.1) is 18.8 Å². The van der Waals surface area contributed by atoms with Crippen LogP contribution in [0.15, 0.2) is 23.3 Å². The molecule has 2 fully saturated rings. The fourth-order valence-corrected chi connectivity index (χ4v) is 4.44. The van der Waals surface area contributed by atoms with Gasteiger partial charge < -0.3 is 24.1 Å². The number of carbonyl (C=O) groups is 1. The van der Waals surface area contributed by atoms with E-state index in [0.717, 1.165) is 25.9 Å². The number of hydrogen-bond acceptors (Lipinski definition) is 5. The molecule has 0 radical (unpaired) electrons. The summed E-state index contributed by atoms with van der Waals surface area (Å²) in [5.74, 6) is 0.0815. The van der Waals surface area contributed by atoms with Crippen LogP contribution in [0.1, 0.15) is 53.9 Å². The molecular formula is C21H36NO5P. The summed E-state index contributed by atoms with van der Waals surface area (Å²) in [6, 6.07) is 0. The summed E-state index contributed by atoms with van der Waals surface area (Å²) >= 11 is 0. The lowest BCUT2D eigenvalue weighted by Crippen LogP contribution is -2.53.